The molecule has 0 amide bonds. The van der Waals surface area contributed by atoms with E-state index in [0.29, 0.717) is 5.92 Å². The monoisotopic (exact) mass is 184 g/mol. The van der Waals surface area contributed by atoms with Crippen molar-refractivity contribution in [3.8, 4) is 0 Å². The van der Waals surface area contributed by atoms with Crippen LogP contribution in [0.1, 0.15) is 40.0 Å². The lowest BCUT2D eigenvalue weighted by atomic mass is 9.85. The number of rotatable bonds is 3. The van der Waals surface area contributed by atoms with Gasteiger partial charge >= 0.3 is 0 Å². The summed E-state index contributed by atoms with van der Waals surface area (Å²) in [6.07, 6.45) is 4.55. The Hall–Kier alpha value is -0.500. The van der Waals surface area contributed by atoms with Gasteiger partial charge in [0.1, 0.15) is 0 Å². The minimum absolute atomic E-state index is 0.512. The van der Waals surface area contributed by atoms with E-state index in [4.69, 9.17) is 4.74 Å². The molecule has 76 valence electrons. The molecule has 1 aliphatic rings. The Morgan fingerprint density at radius 1 is 1.62 bits per heavy atom. The van der Waals surface area contributed by atoms with E-state index in [1.807, 2.05) is 6.92 Å². The molecule has 0 bridgehead atoms. The summed E-state index contributed by atoms with van der Waals surface area (Å²) < 4.78 is 5.23. The van der Waals surface area contributed by atoms with E-state index < -0.39 is 5.60 Å². The summed E-state index contributed by atoms with van der Waals surface area (Å²) in [6.45, 7) is 6.92. The van der Waals surface area contributed by atoms with Crippen molar-refractivity contribution in [1.82, 2.24) is 0 Å². The molecule has 2 heteroatoms. The SMILES string of the molecule is CC(C)CC(C)(O)C1=COCCC1. The van der Waals surface area contributed by atoms with Crippen molar-refractivity contribution >= 4 is 0 Å². The van der Waals surface area contributed by atoms with Crippen molar-refractivity contribution in [2.45, 2.75) is 45.6 Å². The van der Waals surface area contributed by atoms with Crippen molar-refractivity contribution in [3.63, 3.8) is 0 Å². The van der Waals surface area contributed by atoms with E-state index in [2.05, 4.69) is 13.8 Å². The molecule has 0 aromatic carbocycles. The maximum Gasteiger partial charge on any atom is 0.0876 e. The van der Waals surface area contributed by atoms with Crippen LogP contribution in [0.3, 0.4) is 0 Å². The summed E-state index contributed by atoms with van der Waals surface area (Å²) in [5, 5.41) is 10.2. The lowest BCUT2D eigenvalue weighted by Gasteiger charge is -2.30. The molecule has 0 aliphatic carbocycles. The van der Waals surface area contributed by atoms with Crippen molar-refractivity contribution in [2.75, 3.05) is 6.61 Å². The van der Waals surface area contributed by atoms with Gasteiger partial charge in [-0.25, -0.2) is 0 Å². The van der Waals surface area contributed by atoms with Crippen LogP contribution in [0.2, 0.25) is 0 Å². The van der Waals surface area contributed by atoms with Crippen LogP contribution in [0, 0.1) is 5.92 Å². The zero-order chi connectivity index (χ0) is 9.90. The van der Waals surface area contributed by atoms with Crippen molar-refractivity contribution in [3.05, 3.63) is 11.8 Å². The van der Waals surface area contributed by atoms with Gasteiger partial charge in [-0.2, -0.15) is 0 Å². The van der Waals surface area contributed by atoms with Gasteiger partial charge in [0.25, 0.3) is 0 Å². The molecule has 0 fully saturated rings. The van der Waals surface area contributed by atoms with Crippen LogP contribution >= 0.6 is 0 Å². The lowest BCUT2D eigenvalue weighted by molar-refractivity contribution is 0.0600. The van der Waals surface area contributed by atoms with E-state index in [9.17, 15) is 5.11 Å². The molecule has 1 aliphatic heterocycles. The Kier molecular flexibility index (Phi) is 3.37. The number of aliphatic hydroxyl groups is 1. The van der Waals surface area contributed by atoms with Crippen LogP contribution in [0.5, 0.6) is 0 Å². The molecule has 1 rings (SSSR count). The van der Waals surface area contributed by atoms with Gasteiger partial charge in [0.15, 0.2) is 0 Å². The fourth-order valence-corrected chi connectivity index (χ4v) is 1.89. The molecule has 0 saturated heterocycles. The Morgan fingerprint density at radius 3 is 2.77 bits per heavy atom. The van der Waals surface area contributed by atoms with Gasteiger partial charge in [0.05, 0.1) is 18.5 Å². The van der Waals surface area contributed by atoms with Gasteiger partial charge in [-0.15, -0.1) is 0 Å². The Morgan fingerprint density at radius 2 is 2.31 bits per heavy atom. The first-order chi connectivity index (χ1) is 6.02. The average Bonchev–Trinajstić information content (AvgIpc) is 2.04. The van der Waals surface area contributed by atoms with Gasteiger partial charge in [-0.3, -0.25) is 0 Å². The van der Waals surface area contributed by atoms with E-state index in [1.165, 1.54) is 0 Å². The fraction of sp³-hybridized carbons (Fsp3) is 0.818. The molecule has 0 saturated carbocycles. The summed E-state index contributed by atoms with van der Waals surface area (Å²) in [5.41, 5.74) is 0.377. The Bertz CT molecular complexity index is 192. The molecule has 1 atom stereocenters. The molecular weight excluding hydrogens is 164 g/mol. The first-order valence-corrected chi connectivity index (χ1v) is 5.06. The number of hydrogen-bond donors (Lipinski definition) is 1. The third-order valence-corrected chi connectivity index (χ3v) is 2.43. The van der Waals surface area contributed by atoms with Crippen molar-refractivity contribution in [1.29, 1.82) is 0 Å². The summed E-state index contributed by atoms with van der Waals surface area (Å²) in [5.74, 6) is 0.512. The highest BCUT2D eigenvalue weighted by Gasteiger charge is 2.28. The van der Waals surface area contributed by atoms with Crippen LogP contribution in [-0.2, 0) is 4.74 Å². The topological polar surface area (TPSA) is 29.5 Å². The second-order valence-corrected chi connectivity index (χ2v) is 4.49. The van der Waals surface area contributed by atoms with E-state index in [0.717, 1.165) is 31.4 Å². The molecule has 1 heterocycles. The molecule has 1 N–H and O–H groups in total. The van der Waals surface area contributed by atoms with Crippen molar-refractivity contribution in [2.24, 2.45) is 5.92 Å². The standard InChI is InChI=1S/C11H20O2/c1-9(2)7-11(3,12)10-5-4-6-13-8-10/h8-9,12H,4-7H2,1-3H3. The van der Waals surface area contributed by atoms with Crippen LogP contribution in [0.25, 0.3) is 0 Å². The highest BCUT2D eigenvalue weighted by Crippen LogP contribution is 2.29. The average molecular weight is 184 g/mol. The maximum atomic E-state index is 10.2. The quantitative estimate of drug-likeness (QED) is 0.730. The molecule has 0 radical (unpaired) electrons. The van der Waals surface area contributed by atoms with Crippen LogP contribution < -0.4 is 0 Å². The minimum atomic E-state index is -0.672. The smallest absolute Gasteiger partial charge is 0.0876 e. The largest absolute Gasteiger partial charge is 0.501 e. The maximum absolute atomic E-state index is 10.2. The van der Waals surface area contributed by atoms with Gasteiger partial charge in [0, 0.05) is 0 Å². The van der Waals surface area contributed by atoms with Gasteiger partial charge in [0.2, 0.25) is 0 Å². The van der Waals surface area contributed by atoms with E-state index in [1.54, 1.807) is 6.26 Å². The highest BCUT2D eigenvalue weighted by atomic mass is 16.5. The molecule has 2 nitrogen and oxygen atoms in total. The molecule has 0 aromatic rings. The number of hydrogen-bond acceptors (Lipinski definition) is 2. The first kappa shape index (κ1) is 10.6. The lowest BCUT2D eigenvalue weighted by Crippen LogP contribution is -2.30. The Balaban J connectivity index is 2.61. The van der Waals surface area contributed by atoms with E-state index in [-0.39, 0.29) is 0 Å². The third kappa shape index (κ3) is 3.03. The fourth-order valence-electron chi connectivity index (χ4n) is 1.89. The van der Waals surface area contributed by atoms with Crippen LogP contribution in [0.4, 0.5) is 0 Å². The molecule has 13 heavy (non-hydrogen) atoms. The molecule has 1 unspecified atom stereocenters. The summed E-state index contributed by atoms with van der Waals surface area (Å²) >= 11 is 0. The minimum Gasteiger partial charge on any atom is -0.501 e. The highest BCUT2D eigenvalue weighted by molar-refractivity contribution is 5.14. The van der Waals surface area contributed by atoms with Crippen LogP contribution in [-0.4, -0.2) is 17.3 Å². The second kappa shape index (κ2) is 4.14. The predicted molar refractivity (Wildman–Crippen MR) is 53.3 cm³/mol. The zero-order valence-electron chi connectivity index (χ0n) is 8.84. The zero-order valence-corrected chi connectivity index (χ0v) is 8.84. The molecular formula is C11H20O2. The molecule has 0 spiro atoms. The summed E-state index contributed by atoms with van der Waals surface area (Å²) in [6, 6.07) is 0. The molecule has 0 aromatic heterocycles. The predicted octanol–water partition coefficient (Wildman–Crippen LogP) is 2.48. The third-order valence-electron chi connectivity index (χ3n) is 2.43. The van der Waals surface area contributed by atoms with Gasteiger partial charge in [-0.1, -0.05) is 13.8 Å². The van der Waals surface area contributed by atoms with E-state index >= 15 is 0 Å². The first-order valence-electron chi connectivity index (χ1n) is 5.06. The van der Waals surface area contributed by atoms with Gasteiger partial charge < -0.3 is 9.84 Å². The number of ether oxygens (including phenoxy) is 1. The summed E-state index contributed by atoms with van der Waals surface area (Å²) in [7, 11) is 0. The summed E-state index contributed by atoms with van der Waals surface area (Å²) in [4.78, 5) is 0. The van der Waals surface area contributed by atoms with Crippen LogP contribution in [0.15, 0.2) is 11.8 Å². The normalized spacial score (nSPS) is 22.1. The Labute approximate surface area is 80.6 Å². The second-order valence-electron chi connectivity index (χ2n) is 4.49. The van der Waals surface area contributed by atoms with Gasteiger partial charge in [-0.05, 0) is 37.7 Å². The van der Waals surface area contributed by atoms with Crippen molar-refractivity contribution < 1.29 is 9.84 Å².